The number of aryl methyl sites for hydroxylation is 1. The molecule has 0 atom stereocenters. The number of halogens is 1. The van der Waals surface area contributed by atoms with Gasteiger partial charge in [0.15, 0.2) is 0 Å². The van der Waals surface area contributed by atoms with Crippen LogP contribution >= 0.6 is 27.7 Å². The van der Waals surface area contributed by atoms with Crippen molar-refractivity contribution < 1.29 is 9.52 Å². The molecule has 0 unspecified atom stereocenters. The van der Waals surface area contributed by atoms with Crippen LogP contribution < -0.4 is 0 Å². The molecule has 0 bridgehead atoms. The Morgan fingerprint density at radius 2 is 2.31 bits per heavy atom. The lowest BCUT2D eigenvalue weighted by Gasteiger charge is -2.02. The third-order valence-corrected chi connectivity index (χ3v) is 3.59. The molecule has 16 heavy (non-hydrogen) atoms. The molecular formula is C11H10BrNO2S. The van der Waals surface area contributed by atoms with E-state index in [4.69, 9.17) is 9.52 Å². The molecule has 0 amide bonds. The second-order valence-electron chi connectivity index (χ2n) is 3.27. The molecule has 0 saturated heterocycles. The fourth-order valence-corrected chi connectivity index (χ4v) is 2.66. The number of oxazole rings is 1. The minimum atomic E-state index is 0.0314. The van der Waals surface area contributed by atoms with Crippen LogP contribution in [0.5, 0.6) is 0 Å². The van der Waals surface area contributed by atoms with E-state index in [2.05, 4.69) is 20.9 Å². The van der Waals surface area contributed by atoms with Gasteiger partial charge in [-0.1, -0.05) is 22.0 Å². The summed E-state index contributed by atoms with van der Waals surface area (Å²) in [6, 6.07) is 5.75. The fraction of sp³-hybridized carbons (Fsp3) is 0.182. The number of nitrogens with zero attached hydrogens (tertiary/aromatic N) is 1. The van der Waals surface area contributed by atoms with Crippen LogP contribution in [0.4, 0.5) is 0 Å². The van der Waals surface area contributed by atoms with E-state index in [1.54, 1.807) is 6.26 Å². The van der Waals surface area contributed by atoms with Gasteiger partial charge in [-0.05, 0) is 36.4 Å². The molecular weight excluding hydrogens is 290 g/mol. The van der Waals surface area contributed by atoms with Crippen LogP contribution in [0.2, 0.25) is 0 Å². The minimum absolute atomic E-state index is 0.0314. The predicted molar refractivity (Wildman–Crippen MR) is 65.4 cm³/mol. The largest absolute Gasteiger partial charge is 0.439 e. The third-order valence-electron chi connectivity index (χ3n) is 2.00. The summed E-state index contributed by atoms with van der Waals surface area (Å²) in [7, 11) is 0. The van der Waals surface area contributed by atoms with Gasteiger partial charge in [0.05, 0.1) is 12.3 Å². The molecule has 2 aromatic rings. The molecule has 1 N–H and O–H groups in total. The zero-order chi connectivity index (χ0) is 11.5. The average Bonchev–Trinajstić information content (AvgIpc) is 2.64. The first-order valence-electron chi connectivity index (χ1n) is 4.68. The Labute approximate surface area is 106 Å². The van der Waals surface area contributed by atoms with Gasteiger partial charge < -0.3 is 9.52 Å². The van der Waals surface area contributed by atoms with E-state index in [9.17, 15) is 0 Å². The summed E-state index contributed by atoms with van der Waals surface area (Å²) in [5, 5.41) is 9.66. The lowest BCUT2D eigenvalue weighted by molar-refractivity contribution is 0.281. The number of aromatic nitrogens is 1. The minimum Gasteiger partial charge on any atom is -0.439 e. The van der Waals surface area contributed by atoms with Gasteiger partial charge in [-0.2, -0.15) is 0 Å². The number of aliphatic hydroxyl groups is 1. The van der Waals surface area contributed by atoms with Crippen LogP contribution in [0, 0.1) is 6.92 Å². The Hall–Kier alpha value is -0.780. The highest BCUT2D eigenvalue weighted by atomic mass is 79.9. The molecule has 3 nitrogen and oxygen atoms in total. The van der Waals surface area contributed by atoms with Crippen LogP contribution in [0.1, 0.15) is 11.3 Å². The first kappa shape index (κ1) is 11.7. The average molecular weight is 300 g/mol. The van der Waals surface area contributed by atoms with E-state index in [0.29, 0.717) is 5.22 Å². The smallest absolute Gasteiger partial charge is 0.260 e. The maximum absolute atomic E-state index is 9.03. The molecule has 0 aliphatic carbocycles. The Kier molecular flexibility index (Phi) is 3.68. The van der Waals surface area contributed by atoms with Crippen molar-refractivity contribution in [2.45, 2.75) is 23.6 Å². The van der Waals surface area contributed by atoms with Gasteiger partial charge in [0.2, 0.25) is 0 Å². The number of hydrogen-bond donors (Lipinski definition) is 1. The lowest BCUT2D eigenvalue weighted by Crippen LogP contribution is -1.85. The van der Waals surface area contributed by atoms with Crippen molar-refractivity contribution >= 4 is 27.7 Å². The Morgan fingerprint density at radius 1 is 1.50 bits per heavy atom. The van der Waals surface area contributed by atoms with E-state index in [0.717, 1.165) is 20.6 Å². The second-order valence-corrected chi connectivity index (χ2v) is 5.15. The summed E-state index contributed by atoms with van der Waals surface area (Å²) in [6.07, 6.45) is 1.62. The van der Waals surface area contributed by atoms with Crippen molar-refractivity contribution in [1.82, 2.24) is 4.98 Å². The highest BCUT2D eigenvalue weighted by Gasteiger charge is 2.06. The van der Waals surface area contributed by atoms with Crippen LogP contribution in [-0.4, -0.2) is 10.1 Å². The maximum atomic E-state index is 9.03. The molecule has 0 radical (unpaired) electrons. The summed E-state index contributed by atoms with van der Waals surface area (Å²) < 4.78 is 6.14. The molecule has 0 aliphatic heterocycles. The predicted octanol–water partition coefficient (Wildman–Crippen LogP) is 3.39. The van der Waals surface area contributed by atoms with Crippen LogP contribution in [0.25, 0.3) is 0 Å². The van der Waals surface area contributed by atoms with Gasteiger partial charge in [-0.25, -0.2) is 4.98 Å². The second kappa shape index (κ2) is 5.03. The molecule has 5 heteroatoms. The quantitative estimate of drug-likeness (QED) is 0.944. The SMILES string of the molecule is Cc1coc(Sc2ccc(CO)c(Br)c2)n1. The fourth-order valence-electron chi connectivity index (χ4n) is 1.20. The van der Waals surface area contributed by atoms with Crippen molar-refractivity contribution in [1.29, 1.82) is 0 Å². The molecule has 1 aromatic heterocycles. The van der Waals surface area contributed by atoms with Gasteiger partial charge in [0.1, 0.15) is 6.26 Å². The van der Waals surface area contributed by atoms with Crippen molar-refractivity contribution in [2.24, 2.45) is 0 Å². The topological polar surface area (TPSA) is 46.3 Å². The summed E-state index contributed by atoms with van der Waals surface area (Å²) in [5.41, 5.74) is 1.74. The van der Waals surface area contributed by atoms with E-state index in [1.165, 1.54) is 11.8 Å². The molecule has 84 valence electrons. The zero-order valence-electron chi connectivity index (χ0n) is 8.61. The summed E-state index contributed by atoms with van der Waals surface area (Å²) >= 11 is 4.85. The maximum Gasteiger partial charge on any atom is 0.260 e. The molecule has 0 fully saturated rings. The standard InChI is InChI=1S/C11H10BrNO2S/c1-7-6-15-11(13-7)16-9-3-2-8(5-14)10(12)4-9/h2-4,6,14H,5H2,1H3. The van der Waals surface area contributed by atoms with Crippen LogP contribution in [0.3, 0.4) is 0 Å². The zero-order valence-corrected chi connectivity index (χ0v) is 11.0. The molecule has 1 aromatic carbocycles. The summed E-state index contributed by atoms with van der Waals surface area (Å²) in [5.74, 6) is 0. The Balaban J connectivity index is 2.19. The van der Waals surface area contributed by atoms with Crippen molar-refractivity contribution in [2.75, 3.05) is 0 Å². The lowest BCUT2D eigenvalue weighted by atomic mass is 10.2. The van der Waals surface area contributed by atoms with Gasteiger partial charge in [0.25, 0.3) is 5.22 Å². The van der Waals surface area contributed by atoms with Crippen molar-refractivity contribution in [3.8, 4) is 0 Å². The van der Waals surface area contributed by atoms with E-state index >= 15 is 0 Å². The third kappa shape index (κ3) is 2.66. The van der Waals surface area contributed by atoms with Crippen LogP contribution in [0.15, 0.2) is 43.5 Å². The van der Waals surface area contributed by atoms with Crippen molar-refractivity contribution in [3.05, 3.63) is 40.2 Å². The number of rotatable bonds is 3. The van der Waals surface area contributed by atoms with Crippen molar-refractivity contribution in [3.63, 3.8) is 0 Å². The highest BCUT2D eigenvalue weighted by molar-refractivity contribution is 9.10. The number of benzene rings is 1. The Bertz CT molecular complexity index is 498. The molecule has 0 saturated carbocycles. The first-order valence-corrected chi connectivity index (χ1v) is 6.29. The van der Waals surface area contributed by atoms with E-state index < -0.39 is 0 Å². The van der Waals surface area contributed by atoms with Gasteiger partial charge in [-0.15, -0.1) is 0 Å². The Morgan fingerprint density at radius 3 is 2.88 bits per heavy atom. The summed E-state index contributed by atoms with van der Waals surface area (Å²) in [6.45, 7) is 1.92. The number of aliphatic hydroxyl groups excluding tert-OH is 1. The molecule has 0 spiro atoms. The van der Waals surface area contributed by atoms with E-state index in [-0.39, 0.29) is 6.61 Å². The molecule has 0 aliphatic rings. The molecule has 2 rings (SSSR count). The van der Waals surface area contributed by atoms with Crippen LogP contribution in [-0.2, 0) is 6.61 Å². The monoisotopic (exact) mass is 299 g/mol. The van der Waals surface area contributed by atoms with Gasteiger partial charge in [-0.3, -0.25) is 0 Å². The normalized spacial score (nSPS) is 10.7. The summed E-state index contributed by atoms with van der Waals surface area (Å²) in [4.78, 5) is 5.23. The van der Waals surface area contributed by atoms with Gasteiger partial charge in [0, 0.05) is 9.37 Å². The molecule has 1 heterocycles. The first-order chi connectivity index (χ1) is 7.69. The van der Waals surface area contributed by atoms with Gasteiger partial charge >= 0.3 is 0 Å². The van der Waals surface area contributed by atoms with E-state index in [1.807, 2.05) is 25.1 Å². The number of hydrogen-bond acceptors (Lipinski definition) is 4. The highest BCUT2D eigenvalue weighted by Crippen LogP contribution is 2.30.